The maximum absolute atomic E-state index is 2.53. The standard InChI is InChI=1S/C22H26/c1-15-16(2)20-14-19(15)21(17-10-6-4-7-11-17)22(20,3)18-12-8-5-9-13-18/h4-13,15-16,19-21H,14H2,1-3H3. The van der Waals surface area contributed by atoms with Gasteiger partial charge < -0.3 is 0 Å². The molecule has 22 heavy (non-hydrogen) atoms. The Morgan fingerprint density at radius 2 is 1.41 bits per heavy atom. The summed E-state index contributed by atoms with van der Waals surface area (Å²) in [5.41, 5.74) is 3.36. The monoisotopic (exact) mass is 290 g/mol. The van der Waals surface area contributed by atoms with Gasteiger partial charge in [-0.1, -0.05) is 81.4 Å². The Labute approximate surface area is 134 Å². The molecule has 2 aromatic rings. The van der Waals surface area contributed by atoms with Crippen LogP contribution in [-0.2, 0) is 5.41 Å². The zero-order valence-corrected chi connectivity index (χ0v) is 13.9. The highest BCUT2D eigenvalue weighted by Crippen LogP contribution is 2.67. The van der Waals surface area contributed by atoms with Crippen LogP contribution in [0, 0.1) is 23.7 Å². The van der Waals surface area contributed by atoms with Crippen LogP contribution in [0.25, 0.3) is 0 Å². The minimum absolute atomic E-state index is 0.277. The lowest BCUT2D eigenvalue weighted by Gasteiger charge is -2.47. The highest BCUT2D eigenvalue weighted by Gasteiger charge is 2.61. The van der Waals surface area contributed by atoms with E-state index in [1.54, 1.807) is 5.56 Å². The fourth-order valence-corrected chi connectivity index (χ4v) is 5.83. The highest BCUT2D eigenvalue weighted by atomic mass is 14.6. The van der Waals surface area contributed by atoms with Gasteiger partial charge in [0.1, 0.15) is 0 Å². The zero-order valence-electron chi connectivity index (χ0n) is 13.9. The van der Waals surface area contributed by atoms with Crippen molar-refractivity contribution in [1.82, 2.24) is 0 Å². The summed E-state index contributed by atoms with van der Waals surface area (Å²) in [6.07, 6.45) is 1.40. The summed E-state index contributed by atoms with van der Waals surface area (Å²) in [7, 11) is 0. The van der Waals surface area contributed by atoms with E-state index in [-0.39, 0.29) is 5.41 Å². The van der Waals surface area contributed by atoms with Gasteiger partial charge in [0.15, 0.2) is 0 Å². The van der Waals surface area contributed by atoms with E-state index < -0.39 is 0 Å². The van der Waals surface area contributed by atoms with E-state index in [0.717, 1.165) is 23.7 Å². The Morgan fingerprint density at radius 1 is 0.818 bits per heavy atom. The number of hydrogen-bond donors (Lipinski definition) is 0. The first-order valence-corrected chi connectivity index (χ1v) is 8.74. The molecule has 0 aliphatic heterocycles. The summed E-state index contributed by atoms with van der Waals surface area (Å²) in [5.74, 6) is 3.96. The first kappa shape index (κ1) is 14.1. The Balaban J connectivity index is 1.87. The van der Waals surface area contributed by atoms with Crippen LogP contribution < -0.4 is 0 Å². The molecular weight excluding hydrogens is 264 g/mol. The maximum Gasteiger partial charge on any atom is 0.00271 e. The molecule has 0 N–H and O–H groups in total. The van der Waals surface area contributed by atoms with Gasteiger partial charge >= 0.3 is 0 Å². The summed E-state index contributed by atoms with van der Waals surface area (Å²) in [4.78, 5) is 0. The fraction of sp³-hybridized carbons (Fsp3) is 0.455. The van der Waals surface area contributed by atoms with Crippen LogP contribution in [0.1, 0.15) is 44.2 Å². The van der Waals surface area contributed by atoms with E-state index in [2.05, 4.69) is 81.4 Å². The highest BCUT2D eigenvalue weighted by molar-refractivity contribution is 5.39. The van der Waals surface area contributed by atoms with Crippen molar-refractivity contribution in [1.29, 1.82) is 0 Å². The van der Waals surface area contributed by atoms with E-state index in [4.69, 9.17) is 0 Å². The van der Waals surface area contributed by atoms with E-state index in [9.17, 15) is 0 Å². The van der Waals surface area contributed by atoms with Crippen molar-refractivity contribution in [2.24, 2.45) is 23.7 Å². The number of benzene rings is 2. The minimum Gasteiger partial charge on any atom is -0.0622 e. The third-order valence-corrected chi connectivity index (χ3v) is 7.06. The number of fused-ring (bicyclic) bond motifs is 2. The van der Waals surface area contributed by atoms with Crippen LogP contribution in [0.15, 0.2) is 60.7 Å². The van der Waals surface area contributed by atoms with Crippen LogP contribution in [-0.4, -0.2) is 0 Å². The summed E-state index contributed by atoms with van der Waals surface area (Å²) < 4.78 is 0. The van der Waals surface area contributed by atoms with Gasteiger partial charge in [-0.05, 0) is 47.1 Å². The summed E-state index contributed by atoms with van der Waals surface area (Å²) in [6, 6.07) is 22.5. The van der Waals surface area contributed by atoms with Crippen LogP contribution in [0.2, 0.25) is 0 Å². The molecule has 0 radical (unpaired) electrons. The molecular formula is C22H26. The van der Waals surface area contributed by atoms with Crippen LogP contribution in [0.5, 0.6) is 0 Å². The van der Waals surface area contributed by atoms with Crippen LogP contribution in [0.4, 0.5) is 0 Å². The lowest BCUT2D eigenvalue weighted by molar-refractivity contribution is 0.137. The molecule has 2 aliphatic carbocycles. The average Bonchev–Trinajstić information content (AvgIpc) is 3.03. The van der Waals surface area contributed by atoms with Crippen molar-refractivity contribution in [2.45, 2.75) is 38.5 Å². The molecule has 2 bridgehead atoms. The summed E-state index contributed by atoms with van der Waals surface area (Å²) in [6.45, 7) is 7.50. The molecule has 0 heterocycles. The normalized spacial score (nSPS) is 40.0. The molecule has 0 saturated heterocycles. The van der Waals surface area contributed by atoms with E-state index >= 15 is 0 Å². The van der Waals surface area contributed by atoms with Crippen molar-refractivity contribution in [3.05, 3.63) is 71.8 Å². The molecule has 0 spiro atoms. The molecule has 0 heteroatoms. The van der Waals surface area contributed by atoms with Crippen molar-refractivity contribution in [3.8, 4) is 0 Å². The molecule has 2 fully saturated rings. The largest absolute Gasteiger partial charge is 0.0622 e. The molecule has 2 saturated carbocycles. The van der Waals surface area contributed by atoms with Gasteiger partial charge in [0, 0.05) is 5.41 Å². The Hall–Kier alpha value is -1.56. The Bertz CT molecular complexity index is 644. The molecule has 2 aromatic carbocycles. The predicted octanol–water partition coefficient (Wildman–Crippen LogP) is 5.65. The second-order valence-corrected chi connectivity index (χ2v) is 7.76. The minimum atomic E-state index is 0.277. The third kappa shape index (κ3) is 1.76. The molecule has 4 rings (SSSR count). The number of rotatable bonds is 2. The predicted molar refractivity (Wildman–Crippen MR) is 92.9 cm³/mol. The van der Waals surface area contributed by atoms with E-state index in [0.29, 0.717) is 5.92 Å². The molecule has 6 unspecified atom stereocenters. The average molecular weight is 290 g/mol. The van der Waals surface area contributed by atoms with Crippen molar-refractivity contribution in [2.75, 3.05) is 0 Å². The first-order chi connectivity index (χ1) is 10.6. The van der Waals surface area contributed by atoms with Gasteiger partial charge in [-0.25, -0.2) is 0 Å². The Morgan fingerprint density at radius 3 is 2.05 bits per heavy atom. The summed E-state index contributed by atoms with van der Waals surface area (Å²) in [5, 5.41) is 0. The topological polar surface area (TPSA) is 0 Å². The van der Waals surface area contributed by atoms with Crippen molar-refractivity contribution >= 4 is 0 Å². The number of hydrogen-bond acceptors (Lipinski definition) is 0. The van der Waals surface area contributed by atoms with Crippen LogP contribution in [0.3, 0.4) is 0 Å². The van der Waals surface area contributed by atoms with Gasteiger partial charge in [0.2, 0.25) is 0 Å². The lowest BCUT2D eigenvalue weighted by atomic mass is 9.56. The fourth-order valence-electron chi connectivity index (χ4n) is 5.83. The lowest BCUT2D eigenvalue weighted by Crippen LogP contribution is -2.42. The SMILES string of the molecule is CC1C(C)C2CC1C(c1ccccc1)C2(C)c1ccccc1. The summed E-state index contributed by atoms with van der Waals surface area (Å²) >= 11 is 0. The Kier molecular flexibility index (Phi) is 3.18. The van der Waals surface area contributed by atoms with Gasteiger partial charge in [0.05, 0.1) is 0 Å². The smallest absolute Gasteiger partial charge is 0.00271 e. The van der Waals surface area contributed by atoms with Crippen molar-refractivity contribution < 1.29 is 0 Å². The van der Waals surface area contributed by atoms with Gasteiger partial charge in [0.25, 0.3) is 0 Å². The second-order valence-electron chi connectivity index (χ2n) is 7.76. The molecule has 6 atom stereocenters. The van der Waals surface area contributed by atoms with E-state index in [1.165, 1.54) is 12.0 Å². The van der Waals surface area contributed by atoms with E-state index in [1.807, 2.05) is 0 Å². The third-order valence-electron chi connectivity index (χ3n) is 7.06. The van der Waals surface area contributed by atoms with Gasteiger partial charge in [-0.3, -0.25) is 0 Å². The van der Waals surface area contributed by atoms with Crippen molar-refractivity contribution in [3.63, 3.8) is 0 Å². The molecule has 2 aliphatic rings. The second kappa shape index (κ2) is 4.98. The quantitative estimate of drug-likeness (QED) is 0.670. The first-order valence-electron chi connectivity index (χ1n) is 8.74. The zero-order chi connectivity index (χ0) is 15.3. The molecule has 0 nitrogen and oxygen atoms in total. The molecule has 0 amide bonds. The molecule has 0 aromatic heterocycles. The van der Waals surface area contributed by atoms with Gasteiger partial charge in [-0.15, -0.1) is 0 Å². The van der Waals surface area contributed by atoms with Gasteiger partial charge in [-0.2, -0.15) is 0 Å². The maximum atomic E-state index is 2.53. The van der Waals surface area contributed by atoms with Crippen LogP contribution >= 0.6 is 0 Å². The molecule has 114 valence electrons.